The van der Waals surface area contributed by atoms with Gasteiger partial charge in [-0.25, -0.2) is 13.1 Å². The molecule has 7 nitrogen and oxygen atoms in total. The van der Waals surface area contributed by atoms with Crippen molar-refractivity contribution in [2.45, 2.75) is 24.1 Å². The van der Waals surface area contributed by atoms with Crippen molar-refractivity contribution in [1.29, 1.82) is 0 Å². The zero-order valence-electron chi connectivity index (χ0n) is 12.3. The summed E-state index contributed by atoms with van der Waals surface area (Å²) in [5.41, 5.74) is 1.39. The lowest BCUT2D eigenvalue weighted by Gasteiger charge is -2.04. The van der Waals surface area contributed by atoms with E-state index in [-0.39, 0.29) is 10.8 Å². The first-order valence-electron chi connectivity index (χ1n) is 6.88. The molecule has 0 atom stereocenters. The molecule has 23 heavy (non-hydrogen) atoms. The molecule has 0 radical (unpaired) electrons. The summed E-state index contributed by atoms with van der Waals surface area (Å²) < 4.78 is 32.8. The summed E-state index contributed by atoms with van der Waals surface area (Å²) in [5, 5.41) is 9.47. The lowest BCUT2D eigenvalue weighted by molar-refractivity contribution is 0.513. The SMILES string of the molecule is CCc1nnc(-c2csc(S(=O)(=O)NCc3cccnc3)c2)o1. The van der Waals surface area contributed by atoms with Gasteiger partial charge in [0.15, 0.2) is 0 Å². The fraction of sp³-hybridized carbons (Fsp3) is 0.214. The Morgan fingerprint density at radius 1 is 1.35 bits per heavy atom. The van der Waals surface area contributed by atoms with Crippen molar-refractivity contribution in [1.82, 2.24) is 19.9 Å². The molecule has 0 fully saturated rings. The van der Waals surface area contributed by atoms with Crippen molar-refractivity contribution in [3.8, 4) is 11.5 Å². The standard InChI is InChI=1S/C14H14N4O3S2/c1-2-12-17-18-14(21-12)11-6-13(22-9-11)23(19,20)16-8-10-4-3-5-15-7-10/h3-7,9,16H,2,8H2,1H3. The van der Waals surface area contributed by atoms with E-state index in [9.17, 15) is 8.42 Å². The minimum atomic E-state index is -3.59. The van der Waals surface area contributed by atoms with Crippen molar-refractivity contribution in [2.75, 3.05) is 0 Å². The highest BCUT2D eigenvalue weighted by Crippen LogP contribution is 2.27. The average Bonchev–Trinajstić information content (AvgIpc) is 3.23. The molecule has 120 valence electrons. The Kier molecular flexibility index (Phi) is 4.51. The second kappa shape index (κ2) is 6.57. The molecule has 1 N–H and O–H groups in total. The van der Waals surface area contributed by atoms with Crippen LogP contribution in [-0.4, -0.2) is 23.6 Å². The van der Waals surface area contributed by atoms with Gasteiger partial charge in [0.2, 0.25) is 21.8 Å². The monoisotopic (exact) mass is 350 g/mol. The van der Waals surface area contributed by atoms with Gasteiger partial charge in [-0.2, -0.15) is 0 Å². The van der Waals surface area contributed by atoms with E-state index in [4.69, 9.17) is 4.42 Å². The van der Waals surface area contributed by atoms with E-state index >= 15 is 0 Å². The van der Waals surface area contributed by atoms with Gasteiger partial charge in [0, 0.05) is 30.7 Å². The van der Waals surface area contributed by atoms with E-state index in [0.717, 1.165) is 16.9 Å². The molecule has 3 rings (SSSR count). The summed E-state index contributed by atoms with van der Waals surface area (Å²) >= 11 is 1.11. The van der Waals surface area contributed by atoms with E-state index < -0.39 is 10.0 Å². The Bertz CT molecular complexity index is 888. The fourth-order valence-electron chi connectivity index (χ4n) is 1.83. The molecule has 0 aliphatic carbocycles. The minimum Gasteiger partial charge on any atom is -0.421 e. The van der Waals surface area contributed by atoms with Crippen LogP contribution >= 0.6 is 11.3 Å². The van der Waals surface area contributed by atoms with E-state index in [1.165, 1.54) is 6.07 Å². The van der Waals surface area contributed by atoms with E-state index in [0.29, 0.717) is 23.8 Å². The predicted molar refractivity (Wildman–Crippen MR) is 85.3 cm³/mol. The fourth-order valence-corrected chi connectivity index (χ4v) is 4.05. The van der Waals surface area contributed by atoms with Gasteiger partial charge in [-0.1, -0.05) is 13.0 Å². The third-order valence-electron chi connectivity index (χ3n) is 3.05. The van der Waals surface area contributed by atoms with Crippen molar-refractivity contribution in [2.24, 2.45) is 0 Å². The zero-order valence-corrected chi connectivity index (χ0v) is 13.9. The highest BCUT2D eigenvalue weighted by molar-refractivity contribution is 7.91. The summed E-state index contributed by atoms with van der Waals surface area (Å²) in [6, 6.07) is 5.09. The Morgan fingerprint density at radius 2 is 2.22 bits per heavy atom. The molecule has 0 bridgehead atoms. The maximum atomic E-state index is 12.3. The average molecular weight is 350 g/mol. The van der Waals surface area contributed by atoms with Crippen LogP contribution in [0.4, 0.5) is 0 Å². The van der Waals surface area contributed by atoms with E-state index in [1.807, 2.05) is 6.92 Å². The van der Waals surface area contributed by atoms with Crippen LogP contribution in [0.15, 0.2) is 44.6 Å². The zero-order chi connectivity index (χ0) is 16.3. The topological polar surface area (TPSA) is 98.0 Å². The number of nitrogens with one attached hydrogen (secondary N) is 1. The van der Waals surface area contributed by atoms with Crippen LogP contribution < -0.4 is 4.72 Å². The molecule has 0 saturated carbocycles. The first kappa shape index (κ1) is 15.8. The van der Waals surface area contributed by atoms with Gasteiger partial charge in [-0.05, 0) is 17.7 Å². The van der Waals surface area contributed by atoms with Gasteiger partial charge in [0.1, 0.15) is 4.21 Å². The maximum absolute atomic E-state index is 12.3. The molecule has 0 unspecified atom stereocenters. The van der Waals surface area contributed by atoms with Crippen LogP contribution in [0, 0.1) is 0 Å². The van der Waals surface area contributed by atoms with Crippen LogP contribution in [0.1, 0.15) is 18.4 Å². The molecule has 3 aromatic heterocycles. The largest absolute Gasteiger partial charge is 0.421 e. The summed E-state index contributed by atoms with van der Waals surface area (Å²) in [4.78, 5) is 3.95. The number of hydrogen-bond acceptors (Lipinski definition) is 7. The Labute approximate surface area is 137 Å². The number of hydrogen-bond donors (Lipinski definition) is 1. The van der Waals surface area contributed by atoms with Crippen molar-refractivity contribution < 1.29 is 12.8 Å². The Balaban J connectivity index is 1.75. The normalized spacial score (nSPS) is 11.7. The maximum Gasteiger partial charge on any atom is 0.250 e. The molecule has 0 saturated heterocycles. The van der Waals surface area contributed by atoms with Crippen molar-refractivity contribution in [3.63, 3.8) is 0 Å². The second-order valence-electron chi connectivity index (χ2n) is 4.69. The minimum absolute atomic E-state index is 0.184. The Hall–Kier alpha value is -2.10. The van der Waals surface area contributed by atoms with Crippen LogP contribution in [0.3, 0.4) is 0 Å². The number of rotatable bonds is 6. The molecular formula is C14H14N4O3S2. The molecular weight excluding hydrogens is 336 g/mol. The van der Waals surface area contributed by atoms with E-state index in [2.05, 4.69) is 19.9 Å². The Morgan fingerprint density at radius 3 is 2.91 bits per heavy atom. The van der Waals surface area contributed by atoms with Crippen molar-refractivity contribution >= 4 is 21.4 Å². The third-order valence-corrected chi connectivity index (χ3v) is 5.89. The highest BCUT2D eigenvalue weighted by Gasteiger charge is 2.19. The lowest BCUT2D eigenvalue weighted by Crippen LogP contribution is -2.22. The molecule has 3 heterocycles. The van der Waals surface area contributed by atoms with Gasteiger partial charge in [0.25, 0.3) is 0 Å². The predicted octanol–water partition coefficient (Wildman–Crippen LogP) is 2.23. The van der Waals surface area contributed by atoms with Gasteiger partial charge < -0.3 is 4.42 Å². The molecule has 3 aromatic rings. The number of thiophene rings is 1. The number of aromatic nitrogens is 3. The quantitative estimate of drug-likeness (QED) is 0.732. The first-order chi connectivity index (χ1) is 11.1. The highest BCUT2D eigenvalue weighted by atomic mass is 32.2. The smallest absolute Gasteiger partial charge is 0.250 e. The summed E-state index contributed by atoms with van der Waals surface area (Å²) in [5.74, 6) is 0.845. The summed E-state index contributed by atoms with van der Waals surface area (Å²) in [6.07, 6.45) is 3.89. The first-order valence-corrected chi connectivity index (χ1v) is 9.24. The molecule has 0 aromatic carbocycles. The summed E-state index contributed by atoms with van der Waals surface area (Å²) in [6.45, 7) is 2.09. The van der Waals surface area contributed by atoms with Gasteiger partial charge in [-0.15, -0.1) is 21.5 Å². The number of pyridine rings is 1. The molecule has 0 amide bonds. The van der Waals surface area contributed by atoms with Crippen LogP contribution in [0.2, 0.25) is 0 Å². The second-order valence-corrected chi connectivity index (χ2v) is 7.60. The number of sulfonamides is 1. The van der Waals surface area contributed by atoms with Crippen molar-refractivity contribution in [3.05, 3.63) is 47.4 Å². The van der Waals surface area contributed by atoms with Gasteiger partial charge in [0.05, 0.1) is 5.56 Å². The van der Waals surface area contributed by atoms with Crippen LogP contribution in [0.25, 0.3) is 11.5 Å². The molecule has 0 aliphatic rings. The number of aryl methyl sites for hydroxylation is 1. The molecule has 0 aliphatic heterocycles. The van der Waals surface area contributed by atoms with Gasteiger partial charge in [-0.3, -0.25) is 4.98 Å². The molecule has 0 spiro atoms. The summed E-state index contributed by atoms with van der Waals surface area (Å²) in [7, 11) is -3.59. The van der Waals surface area contributed by atoms with Crippen LogP contribution in [0.5, 0.6) is 0 Å². The van der Waals surface area contributed by atoms with E-state index in [1.54, 1.807) is 29.9 Å². The lowest BCUT2D eigenvalue weighted by atomic mass is 10.3. The number of nitrogens with zero attached hydrogens (tertiary/aromatic N) is 3. The third kappa shape index (κ3) is 3.63. The van der Waals surface area contributed by atoms with Crippen LogP contribution in [-0.2, 0) is 23.0 Å². The van der Waals surface area contributed by atoms with Gasteiger partial charge >= 0.3 is 0 Å². The molecule has 9 heteroatoms.